The lowest BCUT2D eigenvalue weighted by molar-refractivity contribution is -0.129. The van der Waals surface area contributed by atoms with Gasteiger partial charge in [-0.15, -0.1) is 0 Å². The highest BCUT2D eigenvalue weighted by atomic mass is 16.5. The Morgan fingerprint density at radius 3 is 2.89 bits per heavy atom. The summed E-state index contributed by atoms with van der Waals surface area (Å²) < 4.78 is 5.64. The molecule has 1 aliphatic rings. The van der Waals surface area contributed by atoms with Crippen molar-refractivity contribution in [1.29, 1.82) is 0 Å². The van der Waals surface area contributed by atoms with Crippen LogP contribution in [0.4, 0.5) is 0 Å². The van der Waals surface area contributed by atoms with E-state index in [-0.39, 0.29) is 12.0 Å². The van der Waals surface area contributed by atoms with E-state index in [1.165, 1.54) is 0 Å². The summed E-state index contributed by atoms with van der Waals surface area (Å²) in [6.45, 7) is 12.9. The van der Waals surface area contributed by atoms with Gasteiger partial charge in [0.15, 0.2) is 0 Å². The van der Waals surface area contributed by atoms with Gasteiger partial charge in [-0.25, -0.2) is 0 Å². The predicted molar refractivity (Wildman–Crippen MR) is 77.2 cm³/mol. The smallest absolute Gasteiger partial charge is 0.236 e. The highest BCUT2D eigenvalue weighted by Crippen LogP contribution is 2.01. The molecule has 0 aromatic rings. The van der Waals surface area contributed by atoms with Gasteiger partial charge in [0.05, 0.1) is 19.3 Å². The normalized spacial score (nSPS) is 20.3. The minimum absolute atomic E-state index is 0.120. The van der Waals surface area contributed by atoms with Crippen molar-refractivity contribution in [2.45, 2.75) is 20.0 Å². The molecule has 0 aliphatic carbocycles. The summed E-state index contributed by atoms with van der Waals surface area (Å²) in [5, 5.41) is 3.19. The number of amides is 1. The van der Waals surface area contributed by atoms with E-state index in [0.717, 1.165) is 38.4 Å². The molecule has 19 heavy (non-hydrogen) atoms. The van der Waals surface area contributed by atoms with Crippen LogP contribution < -0.4 is 5.32 Å². The van der Waals surface area contributed by atoms with Gasteiger partial charge in [-0.3, -0.25) is 4.79 Å². The van der Waals surface area contributed by atoms with E-state index in [1.807, 2.05) is 18.7 Å². The molecule has 1 rings (SSSR count). The van der Waals surface area contributed by atoms with E-state index in [9.17, 15) is 4.79 Å². The van der Waals surface area contributed by atoms with Crippen molar-refractivity contribution in [2.75, 3.05) is 52.9 Å². The third-order valence-corrected chi connectivity index (χ3v) is 3.19. The SMILES string of the molecule is C=C(C)CN(CC)C(=O)CNCC1CN(C)CCO1. The Morgan fingerprint density at radius 2 is 2.32 bits per heavy atom. The summed E-state index contributed by atoms with van der Waals surface area (Å²) in [4.78, 5) is 16.0. The second-order valence-electron chi connectivity index (χ2n) is 5.25. The van der Waals surface area contributed by atoms with Gasteiger partial charge in [0.2, 0.25) is 5.91 Å². The van der Waals surface area contributed by atoms with Gasteiger partial charge in [0.25, 0.3) is 0 Å². The topological polar surface area (TPSA) is 44.8 Å². The van der Waals surface area contributed by atoms with Gasteiger partial charge in [0.1, 0.15) is 0 Å². The van der Waals surface area contributed by atoms with Crippen molar-refractivity contribution in [3.63, 3.8) is 0 Å². The zero-order valence-corrected chi connectivity index (χ0v) is 12.4. The molecular formula is C14H27N3O2. The van der Waals surface area contributed by atoms with Crippen molar-refractivity contribution in [2.24, 2.45) is 0 Å². The molecule has 1 aliphatic heterocycles. The maximum absolute atomic E-state index is 12.0. The van der Waals surface area contributed by atoms with E-state index in [2.05, 4.69) is 23.8 Å². The van der Waals surface area contributed by atoms with Crippen molar-refractivity contribution in [1.82, 2.24) is 15.1 Å². The minimum atomic E-state index is 0.120. The monoisotopic (exact) mass is 269 g/mol. The van der Waals surface area contributed by atoms with E-state index < -0.39 is 0 Å². The van der Waals surface area contributed by atoms with Crippen molar-refractivity contribution >= 4 is 5.91 Å². The second-order valence-corrected chi connectivity index (χ2v) is 5.25. The van der Waals surface area contributed by atoms with Crippen LogP contribution >= 0.6 is 0 Å². The number of likely N-dealkylation sites (N-methyl/N-ethyl adjacent to an activating group) is 2. The van der Waals surface area contributed by atoms with Crippen LogP contribution in [-0.2, 0) is 9.53 Å². The lowest BCUT2D eigenvalue weighted by atomic mass is 10.2. The molecule has 5 nitrogen and oxygen atoms in total. The van der Waals surface area contributed by atoms with Gasteiger partial charge in [-0.2, -0.15) is 0 Å². The summed E-state index contributed by atoms with van der Waals surface area (Å²) in [6.07, 6.45) is 0.183. The zero-order chi connectivity index (χ0) is 14.3. The van der Waals surface area contributed by atoms with Crippen molar-refractivity contribution < 1.29 is 9.53 Å². The molecule has 0 radical (unpaired) electrons. The van der Waals surface area contributed by atoms with Gasteiger partial charge in [-0.05, 0) is 20.9 Å². The summed E-state index contributed by atoms with van der Waals surface area (Å²) >= 11 is 0. The number of morpholine rings is 1. The highest BCUT2D eigenvalue weighted by molar-refractivity contribution is 5.78. The molecule has 1 N–H and O–H groups in total. The molecule has 0 aromatic carbocycles. The average Bonchev–Trinajstić information content (AvgIpc) is 2.35. The molecule has 0 saturated carbocycles. The quantitative estimate of drug-likeness (QED) is 0.677. The maximum atomic E-state index is 12.0. The van der Waals surface area contributed by atoms with Crippen LogP contribution in [0, 0.1) is 0 Å². The van der Waals surface area contributed by atoms with Crippen LogP contribution in [-0.4, -0.2) is 74.7 Å². The molecule has 0 bridgehead atoms. The molecule has 110 valence electrons. The van der Waals surface area contributed by atoms with Crippen LogP contribution in [0.2, 0.25) is 0 Å². The molecule has 1 heterocycles. The lowest BCUT2D eigenvalue weighted by Gasteiger charge is -2.30. The zero-order valence-electron chi connectivity index (χ0n) is 12.4. The molecule has 1 unspecified atom stereocenters. The van der Waals surface area contributed by atoms with E-state index in [0.29, 0.717) is 13.1 Å². The summed E-state index contributed by atoms with van der Waals surface area (Å²) in [5.74, 6) is 0.120. The lowest BCUT2D eigenvalue weighted by Crippen LogP contribution is -2.47. The minimum Gasteiger partial charge on any atom is -0.374 e. The van der Waals surface area contributed by atoms with Gasteiger partial charge in [-0.1, -0.05) is 12.2 Å². The Hall–Kier alpha value is -0.910. The summed E-state index contributed by atoms with van der Waals surface area (Å²) in [5.41, 5.74) is 1.01. The van der Waals surface area contributed by atoms with Gasteiger partial charge in [0, 0.05) is 32.7 Å². The molecular weight excluding hydrogens is 242 g/mol. The second kappa shape index (κ2) is 8.30. The van der Waals surface area contributed by atoms with Crippen molar-refractivity contribution in [3.05, 3.63) is 12.2 Å². The summed E-state index contributed by atoms with van der Waals surface area (Å²) in [7, 11) is 2.09. The van der Waals surface area contributed by atoms with E-state index in [1.54, 1.807) is 0 Å². The first-order chi connectivity index (χ1) is 9.02. The molecule has 5 heteroatoms. The van der Waals surface area contributed by atoms with Crippen LogP contribution in [0.3, 0.4) is 0 Å². The molecule has 1 atom stereocenters. The Morgan fingerprint density at radius 1 is 1.58 bits per heavy atom. The number of ether oxygens (including phenoxy) is 1. The van der Waals surface area contributed by atoms with Gasteiger partial charge < -0.3 is 19.9 Å². The third kappa shape index (κ3) is 6.18. The molecule has 1 saturated heterocycles. The number of hydrogen-bond donors (Lipinski definition) is 1. The molecule has 0 spiro atoms. The number of nitrogens with zero attached hydrogens (tertiary/aromatic N) is 2. The predicted octanol–water partition coefficient (Wildman–Crippen LogP) is 0.331. The first kappa shape index (κ1) is 16.1. The molecule has 1 fully saturated rings. The first-order valence-corrected chi connectivity index (χ1v) is 6.96. The molecule has 1 amide bonds. The van der Waals surface area contributed by atoms with Crippen LogP contribution in [0.25, 0.3) is 0 Å². The number of nitrogens with one attached hydrogen (secondary N) is 1. The van der Waals surface area contributed by atoms with Crippen molar-refractivity contribution in [3.8, 4) is 0 Å². The Bertz CT molecular complexity index is 307. The highest BCUT2D eigenvalue weighted by Gasteiger charge is 2.18. The fraction of sp³-hybridized carbons (Fsp3) is 0.786. The standard InChI is InChI=1S/C14H27N3O2/c1-5-17(10-12(2)3)14(18)9-15-8-13-11-16(4)6-7-19-13/h13,15H,2,5-11H2,1,3-4H3. The fourth-order valence-corrected chi connectivity index (χ4v) is 2.14. The Kier molecular flexibility index (Phi) is 7.05. The first-order valence-electron chi connectivity index (χ1n) is 6.96. The maximum Gasteiger partial charge on any atom is 0.236 e. The number of carbonyl (C=O) groups excluding carboxylic acids is 1. The van der Waals surface area contributed by atoms with Crippen LogP contribution in [0.1, 0.15) is 13.8 Å². The Balaban J connectivity index is 2.23. The largest absolute Gasteiger partial charge is 0.374 e. The third-order valence-electron chi connectivity index (χ3n) is 3.19. The Labute approximate surface area is 116 Å². The number of carbonyl (C=O) groups is 1. The van der Waals surface area contributed by atoms with Crippen LogP contribution in [0.5, 0.6) is 0 Å². The van der Waals surface area contributed by atoms with Crippen LogP contribution in [0.15, 0.2) is 12.2 Å². The average molecular weight is 269 g/mol. The molecule has 0 aromatic heterocycles. The van der Waals surface area contributed by atoms with E-state index in [4.69, 9.17) is 4.74 Å². The number of hydrogen-bond acceptors (Lipinski definition) is 4. The fourth-order valence-electron chi connectivity index (χ4n) is 2.14. The van der Waals surface area contributed by atoms with Gasteiger partial charge >= 0.3 is 0 Å². The summed E-state index contributed by atoms with van der Waals surface area (Å²) in [6, 6.07) is 0. The van der Waals surface area contributed by atoms with E-state index >= 15 is 0 Å². The number of rotatable bonds is 7.